The van der Waals surface area contributed by atoms with E-state index in [2.05, 4.69) is 4.72 Å². The first kappa shape index (κ1) is 20.9. The van der Waals surface area contributed by atoms with Gasteiger partial charge in [-0.25, -0.2) is 13.1 Å². The molecular weight excluding hydrogens is 436 g/mol. The van der Waals surface area contributed by atoms with Crippen molar-refractivity contribution in [2.75, 3.05) is 12.3 Å². The van der Waals surface area contributed by atoms with Crippen molar-refractivity contribution in [1.82, 2.24) is 9.29 Å². The minimum absolute atomic E-state index is 0.101. The molecule has 30 heavy (non-hydrogen) atoms. The number of nitrogens with zero attached hydrogens (tertiary/aromatic N) is 1. The molecule has 4 rings (SSSR count). The molecule has 0 fully saturated rings. The summed E-state index contributed by atoms with van der Waals surface area (Å²) in [6.45, 7) is 0.784. The lowest BCUT2D eigenvalue weighted by Crippen LogP contribution is -2.26. The molecule has 154 valence electrons. The van der Waals surface area contributed by atoms with Crippen molar-refractivity contribution in [1.29, 1.82) is 0 Å². The van der Waals surface area contributed by atoms with Crippen LogP contribution in [0, 0.1) is 0 Å². The molecule has 0 saturated carbocycles. The lowest BCUT2D eigenvalue weighted by atomic mass is 10.2. The Morgan fingerprint density at radius 2 is 1.63 bits per heavy atom. The maximum Gasteiger partial charge on any atom is 0.308 e. The molecule has 0 spiro atoms. The molecule has 0 aliphatic carbocycles. The molecule has 0 saturated heterocycles. The van der Waals surface area contributed by atoms with Gasteiger partial charge in [0.1, 0.15) is 0 Å². The van der Waals surface area contributed by atoms with Crippen LogP contribution in [0.3, 0.4) is 0 Å². The lowest BCUT2D eigenvalue weighted by Gasteiger charge is -2.08. The number of rotatable bonds is 8. The number of hydrogen-bond donors (Lipinski definition) is 1. The van der Waals surface area contributed by atoms with Gasteiger partial charge < -0.3 is 0 Å². The molecule has 3 aromatic carbocycles. The predicted octanol–water partition coefficient (Wildman–Crippen LogP) is 4.18. The SMILES string of the molecule is O=c1sc2cc(S(=O)(=O)NCCSc3ccccc3)ccc2n1Cc1ccccc1. The number of hydrogen-bond acceptors (Lipinski definition) is 5. The average Bonchev–Trinajstić information content (AvgIpc) is 3.07. The Balaban J connectivity index is 1.48. The zero-order chi connectivity index (χ0) is 21.0. The van der Waals surface area contributed by atoms with E-state index in [1.54, 1.807) is 34.5 Å². The van der Waals surface area contributed by atoms with Crippen LogP contribution >= 0.6 is 23.1 Å². The number of thiazole rings is 1. The fourth-order valence-electron chi connectivity index (χ4n) is 3.07. The van der Waals surface area contributed by atoms with E-state index in [9.17, 15) is 13.2 Å². The highest BCUT2D eigenvalue weighted by Crippen LogP contribution is 2.23. The summed E-state index contributed by atoms with van der Waals surface area (Å²) in [7, 11) is -3.64. The van der Waals surface area contributed by atoms with Crippen molar-refractivity contribution >= 4 is 43.3 Å². The molecule has 0 unspecified atom stereocenters. The van der Waals surface area contributed by atoms with Crippen molar-refractivity contribution in [3.05, 3.63) is 94.1 Å². The molecule has 0 amide bonds. The second kappa shape index (κ2) is 9.18. The van der Waals surface area contributed by atoms with Gasteiger partial charge >= 0.3 is 4.87 Å². The average molecular weight is 457 g/mol. The Labute approximate surface area is 183 Å². The third kappa shape index (κ3) is 4.84. The van der Waals surface area contributed by atoms with Crippen LogP contribution in [0.25, 0.3) is 10.2 Å². The fraction of sp³-hybridized carbons (Fsp3) is 0.136. The Hall–Kier alpha value is -2.39. The Kier molecular flexibility index (Phi) is 6.38. The molecule has 0 atom stereocenters. The number of benzene rings is 3. The third-order valence-corrected chi connectivity index (χ3v) is 7.95. The van der Waals surface area contributed by atoms with Gasteiger partial charge in [-0.05, 0) is 35.9 Å². The third-order valence-electron chi connectivity index (χ3n) is 4.54. The summed E-state index contributed by atoms with van der Waals surface area (Å²) >= 11 is 2.66. The van der Waals surface area contributed by atoms with Crippen molar-refractivity contribution in [3.63, 3.8) is 0 Å². The highest BCUT2D eigenvalue weighted by molar-refractivity contribution is 7.99. The first-order chi connectivity index (χ1) is 14.5. The van der Waals surface area contributed by atoms with E-state index in [0.717, 1.165) is 27.3 Å². The molecule has 0 aliphatic heterocycles. The first-order valence-corrected chi connectivity index (χ1v) is 12.7. The van der Waals surface area contributed by atoms with Gasteiger partial charge in [0.05, 0.1) is 21.7 Å². The van der Waals surface area contributed by atoms with Gasteiger partial charge in [0, 0.05) is 17.2 Å². The van der Waals surface area contributed by atoms with Gasteiger partial charge in [-0.15, -0.1) is 11.8 Å². The standard InChI is InChI=1S/C22H20N2O3S3/c25-22-24(16-17-7-3-1-4-8-17)20-12-11-19(15-21(20)29-22)30(26,27)23-13-14-28-18-9-5-2-6-10-18/h1-12,15,23H,13-14,16H2. The molecule has 0 aliphatic rings. The summed E-state index contributed by atoms with van der Waals surface area (Å²) < 4.78 is 30.3. The van der Waals surface area contributed by atoms with Gasteiger partial charge in [-0.2, -0.15) is 0 Å². The van der Waals surface area contributed by atoms with E-state index in [1.807, 2.05) is 60.7 Å². The summed E-state index contributed by atoms with van der Waals surface area (Å²) in [6.07, 6.45) is 0. The van der Waals surface area contributed by atoms with Gasteiger partial charge in [0.2, 0.25) is 10.0 Å². The zero-order valence-corrected chi connectivity index (χ0v) is 18.5. The quantitative estimate of drug-likeness (QED) is 0.319. The molecule has 5 nitrogen and oxygen atoms in total. The van der Waals surface area contributed by atoms with Gasteiger partial charge in [-0.1, -0.05) is 59.9 Å². The molecule has 1 heterocycles. The smallest absolute Gasteiger partial charge is 0.294 e. The minimum Gasteiger partial charge on any atom is -0.294 e. The predicted molar refractivity (Wildman–Crippen MR) is 124 cm³/mol. The van der Waals surface area contributed by atoms with Crippen LogP contribution in [0.15, 0.2) is 93.4 Å². The molecule has 0 bridgehead atoms. The lowest BCUT2D eigenvalue weighted by molar-refractivity contribution is 0.584. The molecule has 1 aromatic heterocycles. The van der Waals surface area contributed by atoms with E-state index in [1.165, 1.54) is 0 Å². The normalized spacial score (nSPS) is 11.7. The van der Waals surface area contributed by atoms with Crippen LogP contribution in [0.4, 0.5) is 0 Å². The van der Waals surface area contributed by atoms with E-state index in [-0.39, 0.29) is 9.77 Å². The Morgan fingerprint density at radius 3 is 2.37 bits per heavy atom. The van der Waals surface area contributed by atoms with E-state index in [4.69, 9.17) is 0 Å². The maximum atomic E-state index is 12.7. The Bertz CT molecular complexity index is 1300. The van der Waals surface area contributed by atoms with Gasteiger partial charge in [-0.3, -0.25) is 9.36 Å². The summed E-state index contributed by atoms with van der Waals surface area (Å²) in [4.78, 5) is 13.6. The zero-order valence-electron chi connectivity index (χ0n) is 16.0. The number of sulfonamides is 1. The Morgan fingerprint density at radius 1 is 0.933 bits per heavy atom. The molecule has 8 heteroatoms. The van der Waals surface area contributed by atoms with Crippen LogP contribution in [-0.4, -0.2) is 25.3 Å². The number of nitrogens with one attached hydrogen (secondary N) is 1. The van der Waals surface area contributed by atoms with Crippen LogP contribution < -0.4 is 9.60 Å². The van der Waals surface area contributed by atoms with Crippen molar-refractivity contribution in [2.45, 2.75) is 16.3 Å². The van der Waals surface area contributed by atoms with Crippen LogP contribution in [0.5, 0.6) is 0 Å². The number of thioether (sulfide) groups is 1. The van der Waals surface area contributed by atoms with Crippen molar-refractivity contribution in [2.24, 2.45) is 0 Å². The van der Waals surface area contributed by atoms with Crippen molar-refractivity contribution < 1.29 is 8.42 Å². The van der Waals surface area contributed by atoms with Crippen LogP contribution in [0.2, 0.25) is 0 Å². The topological polar surface area (TPSA) is 68.2 Å². The second-order valence-corrected chi connectivity index (χ2v) is 10.6. The highest BCUT2D eigenvalue weighted by atomic mass is 32.2. The largest absolute Gasteiger partial charge is 0.308 e. The van der Waals surface area contributed by atoms with E-state index >= 15 is 0 Å². The summed E-state index contributed by atoms with van der Waals surface area (Å²) in [6, 6.07) is 24.4. The van der Waals surface area contributed by atoms with Gasteiger partial charge in [0.15, 0.2) is 0 Å². The monoisotopic (exact) mass is 456 g/mol. The molecule has 1 N–H and O–H groups in total. The molecular formula is C22H20N2O3S3. The number of aromatic nitrogens is 1. The molecule has 0 radical (unpaired) electrons. The van der Waals surface area contributed by atoms with E-state index < -0.39 is 10.0 Å². The second-order valence-electron chi connectivity index (χ2n) is 6.63. The van der Waals surface area contributed by atoms with Crippen LogP contribution in [0.1, 0.15) is 5.56 Å². The number of fused-ring (bicyclic) bond motifs is 1. The highest BCUT2D eigenvalue weighted by Gasteiger charge is 2.16. The van der Waals surface area contributed by atoms with Crippen molar-refractivity contribution in [3.8, 4) is 0 Å². The first-order valence-electron chi connectivity index (χ1n) is 9.38. The summed E-state index contributed by atoms with van der Waals surface area (Å²) in [5, 5.41) is 0. The molecule has 4 aromatic rings. The van der Waals surface area contributed by atoms with E-state index in [0.29, 0.717) is 23.5 Å². The van der Waals surface area contributed by atoms with Gasteiger partial charge in [0.25, 0.3) is 0 Å². The summed E-state index contributed by atoms with van der Waals surface area (Å²) in [5.41, 5.74) is 1.76. The summed E-state index contributed by atoms with van der Waals surface area (Å²) in [5.74, 6) is 0.631. The fourth-order valence-corrected chi connectivity index (χ4v) is 6.06. The maximum absolute atomic E-state index is 12.7. The van der Waals surface area contributed by atoms with Crippen LogP contribution in [-0.2, 0) is 16.6 Å². The minimum atomic E-state index is -3.64.